The van der Waals surface area contributed by atoms with E-state index in [4.69, 9.17) is 0 Å². The van der Waals surface area contributed by atoms with Gasteiger partial charge in [-0.2, -0.15) is 0 Å². The Morgan fingerprint density at radius 3 is 1.83 bits per heavy atom. The minimum atomic E-state index is -0.230. The molecule has 0 heterocycles. The molecule has 1 atom stereocenters. The van der Waals surface area contributed by atoms with Crippen LogP contribution in [0.1, 0.15) is 0 Å². The van der Waals surface area contributed by atoms with Gasteiger partial charge in [-0.1, -0.05) is 66.4 Å². The van der Waals surface area contributed by atoms with E-state index < -0.39 is 0 Å². The van der Waals surface area contributed by atoms with Crippen LogP contribution >= 0.6 is 23.5 Å². The molecule has 3 heteroatoms. The lowest BCUT2D eigenvalue weighted by molar-refractivity contribution is 1.20. The number of rotatable bonds is 6. The summed E-state index contributed by atoms with van der Waals surface area (Å²) >= 11 is 3.64. The fourth-order valence-electron chi connectivity index (χ4n) is 4.47. The van der Waals surface area contributed by atoms with Crippen LogP contribution in [-0.2, 0) is 10.9 Å². The minimum absolute atomic E-state index is 0.230. The first-order valence-electron chi connectivity index (χ1n) is 11.9. The fraction of sp³-hybridized carbons (Fsp3) is 0.0303. The highest BCUT2D eigenvalue weighted by Gasteiger charge is 2.31. The van der Waals surface area contributed by atoms with Gasteiger partial charge in [0, 0.05) is 15.9 Å². The molecule has 0 spiro atoms. The molecule has 6 aromatic carbocycles. The topological polar surface area (TPSA) is 0 Å². The zero-order valence-electron chi connectivity index (χ0n) is 19.9. The van der Waals surface area contributed by atoms with E-state index in [0.29, 0.717) is 0 Å². The molecular formula is C33H25S3+. The largest absolute Gasteiger partial charge is 0.180 e. The Bertz CT molecular complexity index is 1640. The lowest BCUT2D eigenvalue weighted by Gasteiger charge is -2.13. The van der Waals surface area contributed by atoms with Crippen LogP contribution in [0.2, 0.25) is 0 Å². The van der Waals surface area contributed by atoms with Gasteiger partial charge in [0.25, 0.3) is 0 Å². The van der Waals surface area contributed by atoms with E-state index in [9.17, 15) is 0 Å². The zero-order chi connectivity index (χ0) is 24.3. The molecule has 6 rings (SSSR count). The second kappa shape index (κ2) is 10.5. The number of hydrogen-bond donors (Lipinski definition) is 0. The highest BCUT2D eigenvalue weighted by Crippen LogP contribution is 2.41. The van der Waals surface area contributed by atoms with Crippen LogP contribution in [0.5, 0.6) is 0 Å². The van der Waals surface area contributed by atoms with Gasteiger partial charge >= 0.3 is 0 Å². The minimum Gasteiger partial charge on any atom is -0.130 e. The molecule has 6 aromatic rings. The molecule has 36 heavy (non-hydrogen) atoms. The molecule has 0 radical (unpaired) electrons. The molecule has 0 N–H and O–H groups in total. The Hall–Kier alpha value is -3.11. The first kappa shape index (κ1) is 23.3. The third kappa shape index (κ3) is 4.79. The molecule has 0 amide bonds. The molecular weight excluding hydrogens is 493 g/mol. The van der Waals surface area contributed by atoms with Gasteiger partial charge in [0.05, 0.1) is 4.90 Å². The van der Waals surface area contributed by atoms with Crippen molar-refractivity contribution in [3.05, 3.63) is 133 Å². The van der Waals surface area contributed by atoms with Crippen LogP contribution < -0.4 is 0 Å². The fourth-order valence-corrected chi connectivity index (χ4v) is 8.23. The Labute approximate surface area is 224 Å². The maximum absolute atomic E-state index is 2.40. The molecule has 174 valence electrons. The summed E-state index contributed by atoms with van der Waals surface area (Å²) in [4.78, 5) is 7.91. The van der Waals surface area contributed by atoms with Gasteiger partial charge in [0.2, 0.25) is 0 Å². The van der Waals surface area contributed by atoms with Gasteiger partial charge < -0.3 is 0 Å². The van der Waals surface area contributed by atoms with E-state index in [1.807, 2.05) is 11.8 Å². The summed E-state index contributed by atoms with van der Waals surface area (Å²) in [5.74, 6) is 0. The standard InChI is InChI=1S/C33H25S3/c1-34-28-16-19-30(20-17-28)36(33-14-8-7-13-32(33)35-29-11-3-2-4-12-29)31-18-15-26-21-24-9-5-6-10-25(24)22-27(26)23-31/h2-23H,1H3/q+1. The van der Waals surface area contributed by atoms with E-state index in [-0.39, 0.29) is 10.9 Å². The molecule has 0 saturated heterocycles. The highest BCUT2D eigenvalue weighted by atomic mass is 32.2. The van der Waals surface area contributed by atoms with Gasteiger partial charge in [-0.3, -0.25) is 0 Å². The van der Waals surface area contributed by atoms with Crippen LogP contribution in [0, 0.1) is 0 Å². The smallest absolute Gasteiger partial charge is 0.130 e. The van der Waals surface area contributed by atoms with Gasteiger partial charge in [0.15, 0.2) is 14.7 Å². The van der Waals surface area contributed by atoms with Crippen molar-refractivity contribution >= 4 is 56.0 Å². The molecule has 0 bridgehead atoms. The average Bonchev–Trinajstić information content (AvgIpc) is 2.94. The molecule has 1 unspecified atom stereocenters. The van der Waals surface area contributed by atoms with Gasteiger partial charge in [-0.05, 0) is 101 Å². The first-order valence-corrected chi connectivity index (χ1v) is 15.2. The van der Waals surface area contributed by atoms with E-state index in [1.165, 1.54) is 50.9 Å². The number of thioether (sulfide) groups is 1. The summed E-state index contributed by atoms with van der Waals surface area (Å²) in [6.07, 6.45) is 2.13. The quantitative estimate of drug-likeness (QED) is 0.122. The monoisotopic (exact) mass is 517 g/mol. The predicted octanol–water partition coefficient (Wildman–Crippen LogP) is 9.96. The van der Waals surface area contributed by atoms with Gasteiger partial charge in [-0.25, -0.2) is 0 Å². The lowest BCUT2D eigenvalue weighted by atomic mass is 10.0. The molecule has 0 aliphatic heterocycles. The Balaban J connectivity index is 1.52. The Kier molecular flexibility index (Phi) is 6.78. The van der Waals surface area contributed by atoms with Gasteiger partial charge in [0.1, 0.15) is 10.9 Å². The third-order valence-electron chi connectivity index (χ3n) is 6.25. The van der Waals surface area contributed by atoms with Crippen molar-refractivity contribution in [2.24, 2.45) is 0 Å². The molecule has 0 nitrogen and oxygen atoms in total. The molecule has 0 aliphatic carbocycles. The van der Waals surface area contributed by atoms with Crippen molar-refractivity contribution in [3.63, 3.8) is 0 Å². The van der Waals surface area contributed by atoms with Crippen molar-refractivity contribution < 1.29 is 0 Å². The summed E-state index contributed by atoms with van der Waals surface area (Å²) in [5.41, 5.74) is 0. The summed E-state index contributed by atoms with van der Waals surface area (Å²) in [6.45, 7) is 0. The normalized spacial score (nSPS) is 12.1. The van der Waals surface area contributed by atoms with Crippen molar-refractivity contribution in [2.45, 2.75) is 29.4 Å². The lowest BCUT2D eigenvalue weighted by Crippen LogP contribution is -2.06. The van der Waals surface area contributed by atoms with Crippen molar-refractivity contribution in [2.75, 3.05) is 6.26 Å². The van der Waals surface area contributed by atoms with E-state index >= 15 is 0 Å². The van der Waals surface area contributed by atoms with Crippen molar-refractivity contribution in [1.29, 1.82) is 0 Å². The van der Waals surface area contributed by atoms with Crippen LogP contribution in [0.4, 0.5) is 0 Å². The Morgan fingerprint density at radius 2 is 1.08 bits per heavy atom. The summed E-state index contributed by atoms with van der Waals surface area (Å²) < 4.78 is 0. The molecule has 0 aliphatic rings. The zero-order valence-corrected chi connectivity index (χ0v) is 22.4. The van der Waals surface area contributed by atoms with Crippen LogP contribution in [0.15, 0.2) is 163 Å². The summed E-state index contributed by atoms with van der Waals surface area (Å²) in [6, 6.07) is 49.0. The highest BCUT2D eigenvalue weighted by molar-refractivity contribution is 8.01. The molecule has 0 aromatic heterocycles. The van der Waals surface area contributed by atoms with Crippen molar-refractivity contribution in [1.82, 2.24) is 0 Å². The van der Waals surface area contributed by atoms with E-state index in [0.717, 1.165) is 0 Å². The van der Waals surface area contributed by atoms with Crippen LogP contribution in [0.3, 0.4) is 0 Å². The average molecular weight is 518 g/mol. The van der Waals surface area contributed by atoms with E-state index in [1.54, 1.807) is 11.8 Å². The number of benzene rings is 6. The second-order valence-corrected chi connectivity index (χ2v) is 12.5. The maximum Gasteiger partial charge on any atom is 0.180 e. The van der Waals surface area contributed by atoms with Crippen LogP contribution in [-0.4, -0.2) is 6.26 Å². The van der Waals surface area contributed by atoms with Gasteiger partial charge in [-0.15, -0.1) is 11.8 Å². The third-order valence-corrected chi connectivity index (χ3v) is 10.5. The summed E-state index contributed by atoms with van der Waals surface area (Å²) in [7, 11) is -0.230. The van der Waals surface area contributed by atoms with E-state index in [2.05, 4.69) is 140 Å². The first-order chi connectivity index (χ1) is 17.8. The molecule has 0 fully saturated rings. The van der Waals surface area contributed by atoms with Crippen LogP contribution in [0.25, 0.3) is 21.5 Å². The Morgan fingerprint density at radius 1 is 0.472 bits per heavy atom. The predicted molar refractivity (Wildman–Crippen MR) is 159 cm³/mol. The maximum atomic E-state index is 2.40. The number of fused-ring (bicyclic) bond motifs is 2. The SMILES string of the molecule is CSc1ccc([S+](c2ccc3cc4ccccc4cc3c2)c2ccccc2Sc2ccccc2)cc1. The summed E-state index contributed by atoms with van der Waals surface area (Å²) in [5, 5.41) is 5.14. The second-order valence-electron chi connectivity index (χ2n) is 8.55. The number of hydrogen-bond acceptors (Lipinski definition) is 2. The molecule has 0 saturated carbocycles. The van der Waals surface area contributed by atoms with Crippen molar-refractivity contribution in [3.8, 4) is 0 Å².